The van der Waals surface area contributed by atoms with Gasteiger partial charge in [-0.2, -0.15) is 0 Å². The van der Waals surface area contributed by atoms with Gasteiger partial charge in [0.05, 0.1) is 5.69 Å². The van der Waals surface area contributed by atoms with Crippen LogP contribution in [0.25, 0.3) is 0 Å². The van der Waals surface area contributed by atoms with Gasteiger partial charge in [0.15, 0.2) is 0 Å². The van der Waals surface area contributed by atoms with Crippen molar-refractivity contribution in [3.05, 3.63) is 53.6 Å². The molecule has 0 spiro atoms. The maximum absolute atomic E-state index is 12.3. The number of aromatic hydroxyl groups is 2. The van der Waals surface area contributed by atoms with E-state index < -0.39 is 6.09 Å². The average molecular weight is 382 g/mol. The standard InChI is InChI=1S/C22H26N2O4/c25-18-4-1-3-14(11-18)13-28-22(27)24-20-5-2-6-21(26)19(20)12-15-9-16-7-8-17(10-15)23-16/h1-6,11,15-17,23,25-26H,7-10,12-13H2,(H,24,27). The number of hydrogen-bond donors (Lipinski definition) is 4. The van der Waals surface area contributed by atoms with Crippen LogP contribution in [0, 0.1) is 5.92 Å². The van der Waals surface area contributed by atoms with E-state index in [4.69, 9.17) is 4.74 Å². The van der Waals surface area contributed by atoms with Gasteiger partial charge in [0.25, 0.3) is 0 Å². The van der Waals surface area contributed by atoms with Crippen molar-refractivity contribution in [2.24, 2.45) is 5.92 Å². The Morgan fingerprint density at radius 2 is 1.86 bits per heavy atom. The molecule has 0 saturated carbocycles. The van der Waals surface area contributed by atoms with Gasteiger partial charge in [0.2, 0.25) is 0 Å². The summed E-state index contributed by atoms with van der Waals surface area (Å²) in [7, 11) is 0. The summed E-state index contributed by atoms with van der Waals surface area (Å²) in [6, 6.07) is 12.9. The number of phenolic OH excluding ortho intramolecular Hbond substituents is 2. The van der Waals surface area contributed by atoms with Crippen molar-refractivity contribution >= 4 is 11.8 Å². The second-order valence-electron chi connectivity index (χ2n) is 7.85. The van der Waals surface area contributed by atoms with E-state index in [0.29, 0.717) is 29.3 Å². The fraction of sp³-hybridized carbons (Fsp3) is 0.409. The van der Waals surface area contributed by atoms with Crippen molar-refractivity contribution in [2.75, 3.05) is 5.32 Å². The zero-order valence-electron chi connectivity index (χ0n) is 15.7. The van der Waals surface area contributed by atoms with E-state index >= 15 is 0 Å². The van der Waals surface area contributed by atoms with Crippen molar-refractivity contribution in [1.29, 1.82) is 0 Å². The number of nitrogens with one attached hydrogen (secondary N) is 2. The highest BCUT2D eigenvalue weighted by Crippen LogP contribution is 2.36. The van der Waals surface area contributed by atoms with Gasteiger partial charge in [-0.1, -0.05) is 18.2 Å². The first-order valence-electron chi connectivity index (χ1n) is 9.85. The van der Waals surface area contributed by atoms with Gasteiger partial charge in [-0.3, -0.25) is 5.32 Å². The Morgan fingerprint density at radius 3 is 2.61 bits per heavy atom. The molecule has 0 aromatic heterocycles. The Bertz CT molecular complexity index is 842. The number of phenols is 2. The van der Waals surface area contributed by atoms with Crippen LogP contribution in [0.2, 0.25) is 0 Å². The molecule has 0 radical (unpaired) electrons. The highest BCUT2D eigenvalue weighted by molar-refractivity contribution is 5.86. The van der Waals surface area contributed by atoms with Crippen LogP contribution in [0.1, 0.15) is 36.8 Å². The van der Waals surface area contributed by atoms with Crippen molar-refractivity contribution in [3.63, 3.8) is 0 Å². The molecule has 2 aromatic rings. The van der Waals surface area contributed by atoms with E-state index in [1.807, 2.05) is 0 Å². The third kappa shape index (κ3) is 4.39. The second kappa shape index (κ2) is 8.10. The first-order valence-corrected chi connectivity index (χ1v) is 9.85. The molecule has 0 aliphatic carbocycles. The fourth-order valence-corrected chi connectivity index (χ4v) is 4.48. The molecule has 2 aliphatic heterocycles. The molecule has 28 heavy (non-hydrogen) atoms. The predicted molar refractivity (Wildman–Crippen MR) is 106 cm³/mol. The van der Waals surface area contributed by atoms with Crippen LogP contribution in [0.5, 0.6) is 11.5 Å². The first kappa shape index (κ1) is 18.6. The number of carbonyl (C=O) groups excluding carboxylic acids is 1. The molecule has 2 heterocycles. The molecular formula is C22H26N2O4. The minimum atomic E-state index is -0.583. The van der Waals surface area contributed by atoms with Crippen molar-refractivity contribution < 1.29 is 19.7 Å². The monoisotopic (exact) mass is 382 g/mol. The molecule has 2 atom stereocenters. The minimum absolute atomic E-state index is 0.0615. The Labute approximate surface area is 164 Å². The summed E-state index contributed by atoms with van der Waals surface area (Å²) < 4.78 is 5.26. The summed E-state index contributed by atoms with van der Waals surface area (Å²) in [4.78, 5) is 12.3. The largest absolute Gasteiger partial charge is 0.508 e. The van der Waals surface area contributed by atoms with Crippen LogP contribution < -0.4 is 10.6 Å². The number of hydrogen-bond acceptors (Lipinski definition) is 5. The lowest BCUT2D eigenvalue weighted by molar-refractivity contribution is 0.155. The number of amides is 1. The zero-order valence-corrected chi connectivity index (χ0v) is 15.7. The Morgan fingerprint density at radius 1 is 1.11 bits per heavy atom. The molecule has 2 fully saturated rings. The normalized spacial score (nSPS) is 23.4. The Balaban J connectivity index is 1.40. The van der Waals surface area contributed by atoms with Gasteiger partial charge in [0, 0.05) is 17.6 Å². The Kier molecular flexibility index (Phi) is 5.39. The summed E-state index contributed by atoms with van der Waals surface area (Å²) in [5, 5.41) is 26.3. The number of benzene rings is 2. The molecule has 6 heteroatoms. The van der Waals surface area contributed by atoms with Crippen LogP contribution in [-0.4, -0.2) is 28.4 Å². The van der Waals surface area contributed by atoms with Crippen LogP contribution in [-0.2, 0) is 17.8 Å². The van der Waals surface area contributed by atoms with Gasteiger partial charge in [0.1, 0.15) is 18.1 Å². The first-order chi connectivity index (χ1) is 13.6. The SMILES string of the molecule is O=C(Nc1cccc(O)c1CC1CC2CCC(C1)N2)OCc1cccc(O)c1. The van der Waals surface area contributed by atoms with Crippen LogP contribution in [0.4, 0.5) is 10.5 Å². The molecule has 2 bridgehead atoms. The van der Waals surface area contributed by atoms with Gasteiger partial charge in [-0.15, -0.1) is 0 Å². The molecule has 1 amide bonds. The van der Waals surface area contributed by atoms with Crippen molar-refractivity contribution in [1.82, 2.24) is 5.32 Å². The quantitative estimate of drug-likeness (QED) is 0.629. The summed E-state index contributed by atoms with van der Waals surface area (Å²) in [6.07, 6.45) is 4.82. The highest BCUT2D eigenvalue weighted by Gasteiger charge is 2.34. The summed E-state index contributed by atoms with van der Waals surface area (Å²) in [5.41, 5.74) is 2.06. The lowest BCUT2D eigenvalue weighted by Gasteiger charge is -2.29. The van der Waals surface area contributed by atoms with Crippen molar-refractivity contribution in [2.45, 2.75) is 50.8 Å². The molecule has 6 nitrogen and oxygen atoms in total. The molecular weight excluding hydrogens is 356 g/mol. The van der Waals surface area contributed by atoms with Gasteiger partial charge in [-0.25, -0.2) is 4.79 Å². The van der Waals surface area contributed by atoms with E-state index in [9.17, 15) is 15.0 Å². The number of anilines is 1. The Hall–Kier alpha value is -2.73. The molecule has 2 saturated heterocycles. The number of rotatable bonds is 5. The molecule has 2 aromatic carbocycles. The number of piperidine rings is 1. The molecule has 2 unspecified atom stereocenters. The number of carbonyl (C=O) groups is 1. The van der Waals surface area contributed by atoms with Gasteiger partial charge < -0.3 is 20.3 Å². The van der Waals surface area contributed by atoms with Crippen LogP contribution in [0.3, 0.4) is 0 Å². The predicted octanol–water partition coefficient (Wildman–Crippen LogP) is 3.92. The zero-order chi connectivity index (χ0) is 19.5. The highest BCUT2D eigenvalue weighted by atomic mass is 16.5. The maximum Gasteiger partial charge on any atom is 0.411 e. The lowest BCUT2D eigenvalue weighted by Crippen LogP contribution is -2.38. The summed E-state index contributed by atoms with van der Waals surface area (Å²) >= 11 is 0. The maximum atomic E-state index is 12.3. The summed E-state index contributed by atoms with van der Waals surface area (Å²) in [5.74, 6) is 0.834. The second-order valence-corrected chi connectivity index (χ2v) is 7.85. The van der Waals surface area contributed by atoms with E-state index in [2.05, 4.69) is 10.6 Å². The lowest BCUT2D eigenvalue weighted by atomic mass is 9.86. The molecule has 148 valence electrons. The molecule has 4 N–H and O–H groups in total. The van der Waals surface area contributed by atoms with Gasteiger partial charge in [-0.05, 0) is 67.9 Å². The van der Waals surface area contributed by atoms with E-state index in [1.165, 1.54) is 12.8 Å². The number of ether oxygens (including phenoxy) is 1. The van der Waals surface area contributed by atoms with E-state index in [1.54, 1.807) is 42.5 Å². The number of fused-ring (bicyclic) bond motifs is 2. The van der Waals surface area contributed by atoms with E-state index in [-0.39, 0.29) is 18.1 Å². The van der Waals surface area contributed by atoms with Crippen LogP contribution >= 0.6 is 0 Å². The average Bonchev–Trinajstić information content (AvgIpc) is 3.01. The fourth-order valence-electron chi connectivity index (χ4n) is 4.48. The van der Waals surface area contributed by atoms with E-state index in [0.717, 1.165) is 24.8 Å². The third-order valence-corrected chi connectivity index (χ3v) is 5.73. The summed E-state index contributed by atoms with van der Waals surface area (Å²) in [6.45, 7) is 0.0615. The van der Waals surface area contributed by atoms with Crippen LogP contribution in [0.15, 0.2) is 42.5 Å². The molecule has 2 aliphatic rings. The minimum Gasteiger partial charge on any atom is -0.508 e. The molecule has 4 rings (SSSR count). The van der Waals surface area contributed by atoms with Crippen molar-refractivity contribution in [3.8, 4) is 11.5 Å². The third-order valence-electron chi connectivity index (χ3n) is 5.73. The topological polar surface area (TPSA) is 90.8 Å². The smallest absolute Gasteiger partial charge is 0.411 e. The van der Waals surface area contributed by atoms with Gasteiger partial charge >= 0.3 is 6.09 Å².